The molecule has 0 heteroatoms. The SMILES string of the molecule is CC(C)(C)C1CCC(c2cc(C3CCC(C(C)(C)C)CC3)cc(C3CCC(C(C)(C)C)CC3)c2)CC1. The van der Waals surface area contributed by atoms with Gasteiger partial charge in [0.15, 0.2) is 0 Å². The van der Waals surface area contributed by atoms with Crippen LogP contribution in [0.5, 0.6) is 0 Å². The molecule has 0 spiro atoms. The number of hydrogen-bond donors (Lipinski definition) is 0. The van der Waals surface area contributed by atoms with E-state index in [4.69, 9.17) is 0 Å². The Bertz CT molecular complexity index is 703. The van der Waals surface area contributed by atoms with E-state index >= 15 is 0 Å². The monoisotopic (exact) mass is 492 g/mol. The van der Waals surface area contributed by atoms with Crippen LogP contribution in [0.2, 0.25) is 0 Å². The van der Waals surface area contributed by atoms with Gasteiger partial charge in [0, 0.05) is 0 Å². The van der Waals surface area contributed by atoms with Crippen LogP contribution < -0.4 is 0 Å². The molecule has 0 saturated heterocycles. The average Bonchev–Trinajstić information content (AvgIpc) is 2.82. The Balaban J connectivity index is 1.54. The first-order valence-corrected chi connectivity index (χ1v) is 15.9. The van der Waals surface area contributed by atoms with Crippen LogP contribution in [-0.4, -0.2) is 0 Å². The summed E-state index contributed by atoms with van der Waals surface area (Å²) in [4.78, 5) is 0. The molecule has 0 amide bonds. The van der Waals surface area contributed by atoms with Crippen molar-refractivity contribution in [3.63, 3.8) is 0 Å². The lowest BCUT2D eigenvalue weighted by Gasteiger charge is -2.39. The summed E-state index contributed by atoms with van der Waals surface area (Å²) >= 11 is 0. The molecule has 3 aliphatic carbocycles. The predicted molar refractivity (Wildman–Crippen MR) is 159 cm³/mol. The van der Waals surface area contributed by atoms with E-state index in [9.17, 15) is 0 Å². The van der Waals surface area contributed by atoms with Crippen molar-refractivity contribution in [3.05, 3.63) is 34.9 Å². The van der Waals surface area contributed by atoms with Crippen molar-refractivity contribution in [1.29, 1.82) is 0 Å². The van der Waals surface area contributed by atoms with Gasteiger partial charge in [-0.1, -0.05) is 80.5 Å². The minimum absolute atomic E-state index is 0.468. The minimum Gasteiger partial charge on any atom is -0.0599 e. The summed E-state index contributed by atoms with van der Waals surface area (Å²) in [6.45, 7) is 22.1. The standard InChI is InChI=1S/C36H60/c1-34(2,3)31-16-10-25(11-17-31)28-22-29(26-12-18-32(19-13-26)35(4,5)6)24-30(23-28)27-14-20-33(21-15-27)36(7,8)9/h22-27,31-33H,10-21H2,1-9H3. The van der Waals surface area contributed by atoms with Gasteiger partial charge < -0.3 is 0 Å². The largest absolute Gasteiger partial charge is 0.0599 e. The topological polar surface area (TPSA) is 0 Å². The maximum Gasteiger partial charge on any atom is -0.0162 e. The van der Waals surface area contributed by atoms with Crippen molar-refractivity contribution < 1.29 is 0 Å². The van der Waals surface area contributed by atoms with E-state index < -0.39 is 0 Å². The van der Waals surface area contributed by atoms with Crippen molar-refractivity contribution in [2.24, 2.45) is 34.0 Å². The Morgan fingerprint density at radius 1 is 0.361 bits per heavy atom. The van der Waals surface area contributed by atoms with E-state index in [1.165, 1.54) is 77.0 Å². The molecule has 1 aromatic carbocycles. The van der Waals surface area contributed by atoms with Crippen LogP contribution >= 0.6 is 0 Å². The highest BCUT2D eigenvalue weighted by atomic mass is 14.4. The Kier molecular flexibility index (Phi) is 8.45. The highest BCUT2D eigenvalue weighted by molar-refractivity contribution is 5.37. The van der Waals surface area contributed by atoms with Crippen LogP contribution in [0.15, 0.2) is 18.2 Å². The number of hydrogen-bond acceptors (Lipinski definition) is 0. The van der Waals surface area contributed by atoms with Crippen molar-refractivity contribution in [1.82, 2.24) is 0 Å². The molecule has 0 unspecified atom stereocenters. The molecule has 0 atom stereocenters. The van der Waals surface area contributed by atoms with E-state index in [0.717, 1.165) is 35.5 Å². The fourth-order valence-electron chi connectivity index (χ4n) is 8.29. The molecular weight excluding hydrogens is 432 g/mol. The van der Waals surface area contributed by atoms with Crippen LogP contribution in [0.3, 0.4) is 0 Å². The lowest BCUT2D eigenvalue weighted by atomic mass is 9.66. The smallest absolute Gasteiger partial charge is 0.0162 e. The lowest BCUT2D eigenvalue weighted by molar-refractivity contribution is 0.166. The molecule has 3 aliphatic rings. The van der Waals surface area contributed by atoms with Crippen molar-refractivity contribution in [2.45, 2.75) is 157 Å². The molecule has 0 aromatic heterocycles. The molecule has 3 fully saturated rings. The van der Waals surface area contributed by atoms with Gasteiger partial charge in [-0.25, -0.2) is 0 Å². The first kappa shape index (κ1) is 28.2. The van der Waals surface area contributed by atoms with Crippen LogP contribution in [0, 0.1) is 34.0 Å². The molecule has 204 valence electrons. The third-order valence-electron chi connectivity index (χ3n) is 11.3. The van der Waals surface area contributed by atoms with Gasteiger partial charge in [0.2, 0.25) is 0 Å². The predicted octanol–water partition coefficient (Wildman–Crippen LogP) is 11.6. The van der Waals surface area contributed by atoms with Crippen molar-refractivity contribution in [2.75, 3.05) is 0 Å². The zero-order valence-corrected chi connectivity index (χ0v) is 25.7. The second-order valence-corrected chi connectivity index (χ2v) is 16.7. The molecule has 0 heterocycles. The van der Waals surface area contributed by atoms with Crippen LogP contribution in [0.1, 0.15) is 174 Å². The zero-order valence-electron chi connectivity index (χ0n) is 25.7. The Morgan fingerprint density at radius 3 is 0.722 bits per heavy atom. The van der Waals surface area contributed by atoms with E-state index in [0.29, 0.717) is 16.2 Å². The normalized spacial score (nSPS) is 32.9. The van der Waals surface area contributed by atoms with Crippen LogP contribution in [0.25, 0.3) is 0 Å². The molecule has 36 heavy (non-hydrogen) atoms. The third kappa shape index (κ3) is 6.80. The second kappa shape index (κ2) is 10.8. The highest BCUT2D eigenvalue weighted by Crippen LogP contribution is 2.48. The minimum atomic E-state index is 0.468. The Labute approximate surface area is 225 Å². The Hall–Kier alpha value is -0.780. The van der Waals surface area contributed by atoms with Crippen LogP contribution in [0.4, 0.5) is 0 Å². The molecule has 0 bridgehead atoms. The molecule has 0 aliphatic heterocycles. The quantitative estimate of drug-likeness (QED) is 0.393. The molecule has 0 radical (unpaired) electrons. The van der Waals surface area contributed by atoms with Crippen molar-refractivity contribution >= 4 is 0 Å². The summed E-state index contributed by atoms with van der Waals surface area (Å²) < 4.78 is 0. The van der Waals surface area contributed by atoms with E-state index in [-0.39, 0.29) is 0 Å². The van der Waals surface area contributed by atoms with Gasteiger partial charge in [-0.05, 0) is 145 Å². The summed E-state index contributed by atoms with van der Waals surface area (Å²) in [6.07, 6.45) is 16.9. The van der Waals surface area contributed by atoms with Gasteiger partial charge in [-0.3, -0.25) is 0 Å². The van der Waals surface area contributed by atoms with Gasteiger partial charge in [-0.2, -0.15) is 0 Å². The van der Waals surface area contributed by atoms with Gasteiger partial charge >= 0.3 is 0 Å². The molecule has 0 N–H and O–H groups in total. The molecule has 1 aromatic rings. The summed E-state index contributed by atoms with van der Waals surface area (Å²) in [5.74, 6) is 5.07. The maximum absolute atomic E-state index is 2.70. The number of benzene rings is 1. The van der Waals surface area contributed by atoms with Crippen molar-refractivity contribution in [3.8, 4) is 0 Å². The van der Waals surface area contributed by atoms with E-state index in [1.54, 1.807) is 16.7 Å². The Morgan fingerprint density at radius 2 is 0.556 bits per heavy atom. The van der Waals surface area contributed by atoms with E-state index in [2.05, 4.69) is 80.5 Å². The summed E-state index contributed by atoms with van der Waals surface area (Å²) in [6, 6.07) is 8.11. The molecule has 4 rings (SSSR count). The highest BCUT2D eigenvalue weighted by Gasteiger charge is 2.34. The van der Waals surface area contributed by atoms with E-state index in [1.807, 2.05) is 0 Å². The lowest BCUT2D eigenvalue weighted by Crippen LogP contribution is -2.26. The maximum atomic E-state index is 2.70. The molecule has 3 saturated carbocycles. The van der Waals surface area contributed by atoms with Gasteiger partial charge in [0.25, 0.3) is 0 Å². The first-order chi connectivity index (χ1) is 16.7. The van der Waals surface area contributed by atoms with Gasteiger partial charge in [0.1, 0.15) is 0 Å². The molecular formula is C36H60. The summed E-state index contributed by atoms with van der Waals surface area (Å²) in [7, 11) is 0. The zero-order chi connectivity index (χ0) is 26.3. The summed E-state index contributed by atoms with van der Waals surface area (Å²) in [5, 5.41) is 0. The third-order valence-corrected chi connectivity index (χ3v) is 11.3. The van der Waals surface area contributed by atoms with Gasteiger partial charge in [-0.15, -0.1) is 0 Å². The first-order valence-electron chi connectivity index (χ1n) is 15.9. The van der Waals surface area contributed by atoms with Crippen LogP contribution in [-0.2, 0) is 0 Å². The summed E-state index contributed by atoms with van der Waals surface area (Å²) in [5.41, 5.74) is 6.54. The fourth-order valence-corrected chi connectivity index (χ4v) is 8.29. The van der Waals surface area contributed by atoms with Gasteiger partial charge in [0.05, 0.1) is 0 Å². The average molecular weight is 493 g/mol. The molecule has 0 nitrogen and oxygen atoms in total. The fraction of sp³-hybridized carbons (Fsp3) is 0.833. The number of rotatable bonds is 3. The second-order valence-electron chi connectivity index (χ2n) is 16.7.